The van der Waals surface area contributed by atoms with Crippen LogP contribution in [0.15, 0.2) is 84.0 Å². The maximum atomic E-state index is 14.0. The number of rotatable bonds is 6. The van der Waals surface area contributed by atoms with Crippen molar-refractivity contribution in [2.75, 3.05) is 20.7 Å². The summed E-state index contributed by atoms with van der Waals surface area (Å²) in [7, 11) is 3.08. The predicted octanol–water partition coefficient (Wildman–Crippen LogP) is 4.28. The highest BCUT2D eigenvalue weighted by atomic mass is 19.1. The Hall–Kier alpha value is -4.00. The summed E-state index contributed by atoms with van der Waals surface area (Å²) < 4.78 is 19.4. The van der Waals surface area contributed by atoms with E-state index in [1.165, 1.54) is 35.2 Å². The van der Waals surface area contributed by atoms with E-state index in [1.807, 2.05) is 54.6 Å². The third kappa shape index (κ3) is 4.77. The molecule has 7 heteroatoms. The van der Waals surface area contributed by atoms with E-state index < -0.39 is 11.7 Å². The Morgan fingerprint density at radius 1 is 1.06 bits per heavy atom. The van der Waals surface area contributed by atoms with Crippen molar-refractivity contribution in [3.05, 3.63) is 101 Å². The summed E-state index contributed by atoms with van der Waals surface area (Å²) in [5.74, 6) is -0.835. The average Bonchev–Trinajstić information content (AvgIpc) is 3.30. The summed E-state index contributed by atoms with van der Waals surface area (Å²) >= 11 is 0. The van der Waals surface area contributed by atoms with E-state index in [9.17, 15) is 14.0 Å². The molecule has 0 aliphatic carbocycles. The Labute approximate surface area is 191 Å². The Balaban J connectivity index is 1.60. The largest absolute Gasteiger partial charge is 0.497 e. The van der Waals surface area contributed by atoms with Crippen molar-refractivity contribution in [1.29, 1.82) is 0 Å². The Kier molecular flexibility index (Phi) is 6.49. The van der Waals surface area contributed by atoms with E-state index in [2.05, 4.69) is 5.10 Å². The van der Waals surface area contributed by atoms with Crippen LogP contribution in [-0.4, -0.2) is 48.1 Å². The fourth-order valence-corrected chi connectivity index (χ4v) is 3.84. The molecule has 0 radical (unpaired) electrons. The van der Waals surface area contributed by atoms with Crippen LogP contribution >= 0.6 is 0 Å². The summed E-state index contributed by atoms with van der Waals surface area (Å²) in [5, 5.41) is 6.05. The monoisotopic (exact) mass is 445 g/mol. The minimum atomic E-state index is -0.622. The summed E-state index contributed by atoms with van der Waals surface area (Å²) in [6.45, 7) is -0.231. The molecule has 2 amide bonds. The van der Waals surface area contributed by atoms with Crippen molar-refractivity contribution in [2.45, 2.75) is 12.5 Å². The Bertz CT molecular complexity index is 1200. The molecule has 0 aromatic heterocycles. The van der Waals surface area contributed by atoms with Gasteiger partial charge in [-0.1, -0.05) is 54.6 Å². The van der Waals surface area contributed by atoms with Crippen LogP contribution in [0.2, 0.25) is 0 Å². The maximum absolute atomic E-state index is 14.0. The van der Waals surface area contributed by atoms with Crippen LogP contribution in [0, 0.1) is 5.82 Å². The van der Waals surface area contributed by atoms with Crippen LogP contribution in [-0.2, 0) is 4.79 Å². The summed E-state index contributed by atoms with van der Waals surface area (Å²) in [4.78, 5) is 27.2. The van der Waals surface area contributed by atoms with Crippen molar-refractivity contribution < 1.29 is 18.7 Å². The second-order valence-electron chi connectivity index (χ2n) is 7.79. The number of methoxy groups -OCH3 is 1. The van der Waals surface area contributed by atoms with E-state index in [0.717, 1.165) is 16.8 Å². The van der Waals surface area contributed by atoms with Gasteiger partial charge in [-0.3, -0.25) is 9.59 Å². The quantitative estimate of drug-likeness (QED) is 0.569. The van der Waals surface area contributed by atoms with Gasteiger partial charge in [-0.2, -0.15) is 5.10 Å². The lowest BCUT2D eigenvalue weighted by molar-refractivity contribution is -0.133. The van der Waals surface area contributed by atoms with Crippen molar-refractivity contribution in [3.8, 4) is 5.75 Å². The molecule has 0 unspecified atom stereocenters. The van der Waals surface area contributed by atoms with Gasteiger partial charge in [-0.15, -0.1) is 0 Å². The first-order valence-electron chi connectivity index (χ1n) is 10.6. The van der Waals surface area contributed by atoms with Crippen LogP contribution in [0.3, 0.4) is 0 Å². The van der Waals surface area contributed by atoms with Gasteiger partial charge < -0.3 is 9.64 Å². The molecular formula is C26H24FN3O3. The molecule has 0 fully saturated rings. The Morgan fingerprint density at radius 3 is 2.52 bits per heavy atom. The Morgan fingerprint density at radius 2 is 1.79 bits per heavy atom. The number of carbonyl (C=O) groups is 2. The highest BCUT2D eigenvalue weighted by molar-refractivity contribution is 6.04. The van der Waals surface area contributed by atoms with E-state index in [0.29, 0.717) is 12.2 Å². The van der Waals surface area contributed by atoms with Crippen LogP contribution in [0.5, 0.6) is 5.75 Å². The number of nitrogens with zero attached hydrogens (tertiary/aromatic N) is 3. The first-order chi connectivity index (χ1) is 16.0. The zero-order chi connectivity index (χ0) is 23.4. The molecule has 168 valence electrons. The molecule has 33 heavy (non-hydrogen) atoms. The van der Waals surface area contributed by atoms with Crippen LogP contribution in [0.4, 0.5) is 4.39 Å². The number of hydrazone groups is 1. The zero-order valence-corrected chi connectivity index (χ0v) is 18.4. The third-order valence-corrected chi connectivity index (χ3v) is 5.58. The molecule has 1 atom stereocenters. The maximum Gasteiger partial charge on any atom is 0.262 e. The highest BCUT2D eigenvalue weighted by Gasteiger charge is 2.34. The first kappa shape index (κ1) is 22.2. The van der Waals surface area contributed by atoms with Crippen molar-refractivity contribution in [3.63, 3.8) is 0 Å². The van der Waals surface area contributed by atoms with Gasteiger partial charge in [0.2, 0.25) is 0 Å². The number of likely N-dealkylation sites (N-methyl/N-ethyl adjacent to an activating group) is 1. The number of ether oxygens (including phenoxy) is 1. The summed E-state index contributed by atoms with van der Waals surface area (Å²) in [6.07, 6.45) is 0.522. The smallest absolute Gasteiger partial charge is 0.262 e. The first-order valence-corrected chi connectivity index (χ1v) is 10.6. The highest BCUT2D eigenvalue weighted by Crippen LogP contribution is 2.33. The topological polar surface area (TPSA) is 62.2 Å². The van der Waals surface area contributed by atoms with E-state index >= 15 is 0 Å². The van der Waals surface area contributed by atoms with Crippen LogP contribution in [0.1, 0.15) is 33.9 Å². The summed E-state index contributed by atoms with van der Waals surface area (Å²) in [5.41, 5.74) is 2.48. The molecule has 3 aromatic carbocycles. The van der Waals surface area contributed by atoms with Crippen molar-refractivity contribution >= 4 is 17.5 Å². The van der Waals surface area contributed by atoms with Gasteiger partial charge in [-0.05, 0) is 29.8 Å². The molecule has 0 saturated heterocycles. The molecule has 4 rings (SSSR count). The van der Waals surface area contributed by atoms with Crippen molar-refractivity contribution in [2.24, 2.45) is 5.10 Å². The molecule has 1 aliphatic rings. The van der Waals surface area contributed by atoms with E-state index in [1.54, 1.807) is 13.2 Å². The number of carbonyl (C=O) groups excluding carboxylic acids is 2. The molecule has 1 aliphatic heterocycles. The number of hydrogen-bond acceptors (Lipinski definition) is 4. The average molecular weight is 445 g/mol. The minimum absolute atomic E-state index is 0.0746. The number of amides is 2. The second kappa shape index (κ2) is 9.65. The predicted molar refractivity (Wildman–Crippen MR) is 124 cm³/mol. The van der Waals surface area contributed by atoms with Crippen LogP contribution < -0.4 is 4.74 Å². The molecule has 0 bridgehead atoms. The fraction of sp³-hybridized carbons (Fsp3) is 0.192. The molecule has 0 saturated carbocycles. The van der Waals surface area contributed by atoms with Gasteiger partial charge in [0.05, 0.1) is 24.4 Å². The normalized spacial score (nSPS) is 15.2. The van der Waals surface area contributed by atoms with Gasteiger partial charge in [-0.25, -0.2) is 9.40 Å². The lowest BCUT2D eigenvalue weighted by atomic mass is 9.98. The number of halogens is 1. The lowest BCUT2D eigenvalue weighted by Crippen LogP contribution is -2.39. The number of benzene rings is 3. The summed E-state index contributed by atoms with van der Waals surface area (Å²) in [6, 6.07) is 22.6. The standard InChI is InChI=1S/C26H24FN3O3/c1-29(26(32)21-13-6-7-14-22(21)27)17-25(31)30-24(18-9-4-3-5-10-18)16-23(28-30)19-11-8-12-20(15-19)33-2/h3-15,24H,16-17H2,1-2H3/t24-/m1/s1. The minimum Gasteiger partial charge on any atom is -0.497 e. The molecular weight excluding hydrogens is 421 g/mol. The molecule has 1 heterocycles. The molecule has 6 nitrogen and oxygen atoms in total. The SMILES string of the molecule is COc1cccc(C2=NN(C(=O)CN(C)C(=O)c3ccccc3F)[C@@H](c3ccccc3)C2)c1. The molecule has 0 N–H and O–H groups in total. The van der Waals surface area contributed by atoms with Gasteiger partial charge in [0.25, 0.3) is 11.8 Å². The molecule has 0 spiro atoms. The van der Waals surface area contributed by atoms with E-state index in [4.69, 9.17) is 4.74 Å². The molecule has 3 aromatic rings. The number of hydrogen-bond donors (Lipinski definition) is 0. The second-order valence-corrected chi connectivity index (χ2v) is 7.79. The van der Waals surface area contributed by atoms with E-state index in [-0.39, 0.29) is 24.1 Å². The van der Waals surface area contributed by atoms with Gasteiger partial charge in [0.15, 0.2) is 0 Å². The van der Waals surface area contributed by atoms with Crippen molar-refractivity contribution in [1.82, 2.24) is 9.91 Å². The lowest BCUT2D eigenvalue weighted by Gasteiger charge is -2.25. The fourth-order valence-electron chi connectivity index (χ4n) is 3.84. The van der Waals surface area contributed by atoms with Gasteiger partial charge >= 0.3 is 0 Å². The van der Waals surface area contributed by atoms with Gasteiger partial charge in [0.1, 0.15) is 18.1 Å². The van der Waals surface area contributed by atoms with Crippen LogP contribution in [0.25, 0.3) is 0 Å². The zero-order valence-electron chi connectivity index (χ0n) is 18.4. The third-order valence-electron chi connectivity index (χ3n) is 5.58. The van der Waals surface area contributed by atoms with Gasteiger partial charge in [0, 0.05) is 19.0 Å².